The molecular weight excluding hydrogens is 363 g/mol. The highest BCUT2D eigenvalue weighted by molar-refractivity contribution is 5.81. The minimum atomic E-state index is -0.327. The molecule has 0 saturated carbocycles. The van der Waals surface area contributed by atoms with Gasteiger partial charge in [-0.15, -0.1) is 0 Å². The molecule has 2 atom stereocenters. The van der Waals surface area contributed by atoms with Crippen molar-refractivity contribution in [3.8, 4) is 16.9 Å². The Hall–Kier alpha value is -2.58. The number of fused-ring (bicyclic) bond motifs is 1. The highest BCUT2D eigenvalue weighted by Crippen LogP contribution is 2.39. The second-order valence-electron chi connectivity index (χ2n) is 7.08. The molecule has 0 aliphatic carbocycles. The van der Waals surface area contributed by atoms with Gasteiger partial charge in [-0.1, -0.05) is 0 Å². The van der Waals surface area contributed by atoms with Crippen LogP contribution in [0.5, 0.6) is 5.75 Å². The molecule has 28 heavy (non-hydrogen) atoms. The lowest BCUT2D eigenvalue weighted by Crippen LogP contribution is -2.50. The van der Waals surface area contributed by atoms with Gasteiger partial charge in [-0.25, -0.2) is 14.4 Å². The van der Waals surface area contributed by atoms with Crippen molar-refractivity contribution in [1.82, 2.24) is 20.2 Å². The van der Waals surface area contributed by atoms with Crippen molar-refractivity contribution in [3.05, 3.63) is 42.2 Å². The third-order valence-electron chi connectivity index (χ3n) is 5.21. The number of carbonyl (C=O) groups excluding carboxylic acids is 1. The van der Waals surface area contributed by atoms with Gasteiger partial charge < -0.3 is 14.8 Å². The summed E-state index contributed by atoms with van der Waals surface area (Å²) in [5, 5.41) is 2.97. The maximum Gasteiger partial charge on any atom is 0.237 e. The second-order valence-corrected chi connectivity index (χ2v) is 7.08. The molecule has 2 aliphatic heterocycles. The van der Waals surface area contributed by atoms with E-state index in [1.54, 1.807) is 12.4 Å². The Labute approximate surface area is 162 Å². The number of morpholine rings is 1. The highest BCUT2D eigenvalue weighted by atomic mass is 19.1. The lowest BCUT2D eigenvalue weighted by molar-refractivity contribution is -0.127. The van der Waals surface area contributed by atoms with E-state index in [2.05, 4.69) is 20.2 Å². The molecule has 1 N–H and O–H groups in total. The maximum atomic E-state index is 14.1. The molecule has 8 heteroatoms. The van der Waals surface area contributed by atoms with Gasteiger partial charge in [-0.2, -0.15) is 0 Å². The van der Waals surface area contributed by atoms with Gasteiger partial charge in [0, 0.05) is 48.6 Å². The van der Waals surface area contributed by atoms with Crippen molar-refractivity contribution < 1.29 is 18.7 Å². The summed E-state index contributed by atoms with van der Waals surface area (Å²) >= 11 is 0. The van der Waals surface area contributed by atoms with Crippen LogP contribution in [0, 0.1) is 5.82 Å². The van der Waals surface area contributed by atoms with E-state index in [-0.39, 0.29) is 23.9 Å². The van der Waals surface area contributed by atoms with Crippen LogP contribution < -0.4 is 10.1 Å². The van der Waals surface area contributed by atoms with Crippen LogP contribution in [0.25, 0.3) is 11.1 Å². The number of hydrogen-bond donors (Lipinski definition) is 1. The summed E-state index contributed by atoms with van der Waals surface area (Å²) in [4.78, 5) is 22.6. The first-order chi connectivity index (χ1) is 13.6. The van der Waals surface area contributed by atoms with E-state index in [0.717, 1.165) is 18.7 Å². The zero-order valence-electron chi connectivity index (χ0n) is 15.7. The smallest absolute Gasteiger partial charge is 0.237 e. The van der Waals surface area contributed by atoms with Crippen LogP contribution in [0.4, 0.5) is 4.39 Å². The number of aromatic nitrogens is 2. The molecule has 1 amide bonds. The lowest BCUT2D eigenvalue weighted by Gasteiger charge is -2.31. The molecule has 0 bridgehead atoms. The van der Waals surface area contributed by atoms with E-state index in [9.17, 15) is 9.18 Å². The molecule has 2 aliphatic rings. The SMILES string of the molecule is C[C@H](C(=O)NC[C@@H]1Cc2cc(F)cc(-c3cncnc3)c2O1)N1CCOCC1. The number of nitrogens with zero attached hydrogens (tertiary/aromatic N) is 3. The Morgan fingerprint density at radius 3 is 2.82 bits per heavy atom. The predicted molar refractivity (Wildman–Crippen MR) is 100 cm³/mol. The normalized spacial score (nSPS) is 20.3. The van der Waals surface area contributed by atoms with Crippen molar-refractivity contribution in [2.45, 2.75) is 25.5 Å². The zero-order chi connectivity index (χ0) is 19.5. The first-order valence-electron chi connectivity index (χ1n) is 9.46. The van der Waals surface area contributed by atoms with Crippen molar-refractivity contribution >= 4 is 5.91 Å². The number of carbonyl (C=O) groups is 1. The first-order valence-corrected chi connectivity index (χ1v) is 9.46. The van der Waals surface area contributed by atoms with Crippen LogP contribution in [0.3, 0.4) is 0 Å². The minimum absolute atomic E-state index is 0.0377. The average molecular weight is 386 g/mol. The van der Waals surface area contributed by atoms with Crippen LogP contribution in [0.1, 0.15) is 12.5 Å². The van der Waals surface area contributed by atoms with Crippen molar-refractivity contribution in [2.75, 3.05) is 32.8 Å². The molecule has 0 unspecified atom stereocenters. The molecule has 2 aromatic rings. The number of nitrogens with one attached hydrogen (secondary N) is 1. The largest absolute Gasteiger partial charge is 0.487 e. The van der Waals surface area contributed by atoms with Crippen molar-refractivity contribution in [3.63, 3.8) is 0 Å². The number of amides is 1. The van der Waals surface area contributed by atoms with E-state index in [0.29, 0.717) is 43.1 Å². The second kappa shape index (κ2) is 8.20. The fourth-order valence-corrected chi connectivity index (χ4v) is 3.65. The van der Waals surface area contributed by atoms with Crippen molar-refractivity contribution in [2.24, 2.45) is 0 Å². The maximum absolute atomic E-state index is 14.1. The Morgan fingerprint density at radius 2 is 2.07 bits per heavy atom. The summed E-state index contributed by atoms with van der Waals surface area (Å²) in [5.74, 6) is 0.271. The van der Waals surface area contributed by atoms with E-state index in [1.165, 1.54) is 18.5 Å². The van der Waals surface area contributed by atoms with Gasteiger partial charge in [0.2, 0.25) is 5.91 Å². The Bertz CT molecular complexity index is 843. The summed E-state index contributed by atoms with van der Waals surface area (Å²) in [6.45, 7) is 5.07. The first kappa shape index (κ1) is 18.8. The van der Waals surface area contributed by atoms with Gasteiger partial charge in [0.05, 0.1) is 25.8 Å². The summed E-state index contributed by atoms with van der Waals surface area (Å²) in [6.07, 6.45) is 4.99. The van der Waals surface area contributed by atoms with Gasteiger partial charge in [-0.3, -0.25) is 9.69 Å². The molecule has 1 fully saturated rings. The Kier molecular flexibility index (Phi) is 5.50. The number of benzene rings is 1. The Balaban J connectivity index is 1.40. The monoisotopic (exact) mass is 386 g/mol. The van der Waals surface area contributed by atoms with E-state index >= 15 is 0 Å². The van der Waals surface area contributed by atoms with Crippen LogP contribution >= 0.6 is 0 Å². The molecule has 1 aromatic carbocycles. The lowest BCUT2D eigenvalue weighted by atomic mass is 10.0. The standard InChI is InChI=1S/C20H23FN4O3/c1-13(25-2-4-27-5-3-25)20(26)24-11-17-7-14-6-16(21)8-18(19(14)28-17)15-9-22-12-23-10-15/h6,8-10,12-13,17H,2-5,7,11H2,1H3,(H,24,26)/t13-,17+/m1/s1. The molecule has 3 heterocycles. The predicted octanol–water partition coefficient (Wildman–Crippen LogP) is 1.42. The van der Waals surface area contributed by atoms with Crippen LogP contribution in [0.2, 0.25) is 0 Å². The summed E-state index contributed by atoms with van der Waals surface area (Å²) < 4.78 is 25.5. The topological polar surface area (TPSA) is 76.6 Å². The molecule has 0 spiro atoms. The number of halogens is 1. The molecule has 7 nitrogen and oxygen atoms in total. The summed E-state index contributed by atoms with van der Waals surface area (Å²) in [6, 6.07) is 2.70. The van der Waals surface area contributed by atoms with Gasteiger partial charge in [0.15, 0.2) is 0 Å². The van der Waals surface area contributed by atoms with E-state index < -0.39 is 0 Å². The minimum Gasteiger partial charge on any atom is -0.487 e. The van der Waals surface area contributed by atoms with Gasteiger partial charge in [0.1, 0.15) is 24.0 Å². The van der Waals surface area contributed by atoms with E-state index in [4.69, 9.17) is 9.47 Å². The Morgan fingerprint density at radius 1 is 1.32 bits per heavy atom. The summed E-state index contributed by atoms with van der Waals surface area (Å²) in [7, 11) is 0. The van der Waals surface area contributed by atoms with Crippen LogP contribution in [-0.4, -0.2) is 65.8 Å². The molecule has 1 saturated heterocycles. The van der Waals surface area contributed by atoms with Gasteiger partial charge >= 0.3 is 0 Å². The van der Waals surface area contributed by atoms with Crippen molar-refractivity contribution in [1.29, 1.82) is 0 Å². The highest BCUT2D eigenvalue weighted by Gasteiger charge is 2.29. The number of ether oxygens (including phenoxy) is 2. The molecule has 4 rings (SSSR count). The quantitative estimate of drug-likeness (QED) is 0.838. The molecule has 148 valence electrons. The number of rotatable bonds is 5. The fraction of sp³-hybridized carbons (Fsp3) is 0.450. The van der Waals surface area contributed by atoms with Crippen LogP contribution in [0.15, 0.2) is 30.9 Å². The average Bonchev–Trinajstić information content (AvgIpc) is 3.14. The molecule has 0 radical (unpaired) electrons. The third kappa shape index (κ3) is 3.98. The van der Waals surface area contributed by atoms with Crippen LogP contribution in [-0.2, 0) is 16.0 Å². The molecule has 1 aromatic heterocycles. The van der Waals surface area contributed by atoms with Gasteiger partial charge in [-0.05, 0) is 19.1 Å². The van der Waals surface area contributed by atoms with E-state index in [1.807, 2.05) is 6.92 Å². The molecular formula is C20H23FN4O3. The fourth-order valence-electron chi connectivity index (χ4n) is 3.65. The number of hydrogen-bond acceptors (Lipinski definition) is 6. The van der Waals surface area contributed by atoms with Gasteiger partial charge in [0.25, 0.3) is 0 Å². The summed E-state index contributed by atoms with van der Waals surface area (Å²) in [5.41, 5.74) is 2.12. The zero-order valence-corrected chi connectivity index (χ0v) is 15.7. The third-order valence-corrected chi connectivity index (χ3v) is 5.21.